The largest absolute Gasteiger partial charge is 0.205 e. The molecule has 0 bridgehead atoms. The molecule has 0 aliphatic heterocycles. The second kappa shape index (κ2) is 7.13. The minimum atomic E-state index is 0.178. The van der Waals surface area contributed by atoms with Crippen LogP contribution in [0.1, 0.15) is 0 Å². The van der Waals surface area contributed by atoms with Gasteiger partial charge < -0.3 is 0 Å². The van der Waals surface area contributed by atoms with Gasteiger partial charge in [-0.1, -0.05) is 36.0 Å². The van der Waals surface area contributed by atoms with Gasteiger partial charge in [0.05, 0.1) is 11.4 Å². The Hall–Kier alpha value is -1.57. The molecular formula is C12H8N2O2S3. The zero-order valence-corrected chi connectivity index (χ0v) is 12.0. The van der Waals surface area contributed by atoms with Crippen LogP contribution in [0.4, 0.5) is 11.4 Å². The van der Waals surface area contributed by atoms with E-state index in [-0.39, 0.29) is 22.9 Å². The SMILES string of the molecule is O=S=Nc1ccccc1Sc1ccccc1N=S=O. The van der Waals surface area contributed by atoms with E-state index in [9.17, 15) is 8.42 Å². The average Bonchev–Trinajstić information content (AvgIpc) is 2.44. The van der Waals surface area contributed by atoms with Gasteiger partial charge in [0.2, 0.25) is 22.9 Å². The van der Waals surface area contributed by atoms with E-state index in [1.165, 1.54) is 11.8 Å². The van der Waals surface area contributed by atoms with Crippen molar-refractivity contribution in [3.8, 4) is 0 Å². The lowest BCUT2D eigenvalue weighted by Gasteiger charge is -2.05. The van der Waals surface area contributed by atoms with E-state index in [1.54, 1.807) is 12.1 Å². The highest BCUT2D eigenvalue weighted by atomic mass is 32.2. The molecule has 0 amide bonds. The first-order valence-corrected chi connectivity index (χ1v) is 7.42. The molecule has 0 radical (unpaired) electrons. The molecule has 0 heterocycles. The third-order valence-corrected chi connectivity index (χ3v) is 3.89. The molecule has 0 saturated heterocycles. The fourth-order valence-electron chi connectivity index (χ4n) is 1.44. The van der Waals surface area contributed by atoms with Crippen LogP contribution in [0.25, 0.3) is 0 Å². The van der Waals surface area contributed by atoms with Crippen LogP contribution in [-0.4, -0.2) is 8.42 Å². The van der Waals surface area contributed by atoms with Gasteiger partial charge in [0, 0.05) is 9.79 Å². The molecule has 0 aliphatic carbocycles. The molecule has 2 aromatic carbocycles. The summed E-state index contributed by atoms with van der Waals surface area (Å²) in [5, 5.41) is 0. The van der Waals surface area contributed by atoms with Crippen molar-refractivity contribution in [2.24, 2.45) is 8.73 Å². The predicted molar refractivity (Wildman–Crippen MR) is 77.5 cm³/mol. The summed E-state index contributed by atoms with van der Waals surface area (Å²) >= 11 is 1.78. The van der Waals surface area contributed by atoms with E-state index in [4.69, 9.17) is 0 Å². The Labute approximate surface area is 121 Å². The number of rotatable bonds is 4. The third kappa shape index (κ3) is 3.69. The van der Waals surface area contributed by atoms with Crippen LogP contribution >= 0.6 is 11.8 Å². The minimum absolute atomic E-state index is 0.178. The predicted octanol–water partition coefficient (Wildman–Crippen LogP) is 3.89. The molecular weight excluding hydrogens is 300 g/mol. The second-order valence-electron chi connectivity index (χ2n) is 3.37. The molecule has 0 saturated carbocycles. The molecule has 0 fully saturated rings. The lowest BCUT2D eigenvalue weighted by atomic mass is 10.3. The molecule has 7 heteroatoms. The van der Waals surface area contributed by atoms with Crippen molar-refractivity contribution < 1.29 is 8.42 Å². The maximum Gasteiger partial charge on any atom is 0.205 e. The lowest BCUT2D eigenvalue weighted by molar-refractivity contribution is 0.697. The summed E-state index contributed by atoms with van der Waals surface area (Å²) in [6.45, 7) is 0. The van der Waals surface area contributed by atoms with Gasteiger partial charge in [-0.15, -0.1) is 0 Å². The maximum atomic E-state index is 10.6. The van der Waals surface area contributed by atoms with Crippen molar-refractivity contribution in [3.05, 3.63) is 48.5 Å². The third-order valence-electron chi connectivity index (χ3n) is 2.22. The molecule has 0 atom stereocenters. The van der Waals surface area contributed by atoms with Crippen molar-refractivity contribution in [2.45, 2.75) is 9.79 Å². The van der Waals surface area contributed by atoms with Crippen LogP contribution < -0.4 is 0 Å². The summed E-state index contributed by atoms with van der Waals surface area (Å²) in [7, 11) is 0. The Balaban J connectivity index is 2.41. The number of benzene rings is 2. The van der Waals surface area contributed by atoms with Gasteiger partial charge in [0.25, 0.3) is 0 Å². The van der Waals surface area contributed by atoms with Gasteiger partial charge in [-0.2, -0.15) is 17.1 Å². The van der Waals surface area contributed by atoms with E-state index in [0.717, 1.165) is 9.79 Å². The first-order chi connectivity index (χ1) is 9.35. The normalized spacial score (nSPS) is 9.68. The van der Waals surface area contributed by atoms with Crippen molar-refractivity contribution in [1.29, 1.82) is 0 Å². The standard InChI is InChI=1S/C12H8N2O2S3/c15-18-13-9-5-1-3-7-11(9)17-12-8-4-2-6-10(12)14-19-16/h1-8H. The van der Waals surface area contributed by atoms with E-state index in [1.807, 2.05) is 36.4 Å². The number of hydrogen-bond acceptors (Lipinski definition) is 5. The van der Waals surface area contributed by atoms with Crippen molar-refractivity contribution in [3.63, 3.8) is 0 Å². The summed E-state index contributed by atoms with van der Waals surface area (Å²) in [4.78, 5) is 1.70. The van der Waals surface area contributed by atoms with E-state index < -0.39 is 0 Å². The Morgan fingerprint density at radius 2 is 1.11 bits per heavy atom. The van der Waals surface area contributed by atoms with E-state index >= 15 is 0 Å². The summed E-state index contributed by atoms with van der Waals surface area (Å²) in [5.74, 6) is 0. The molecule has 96 valence electrons. The lowest BCUT2D eigenvalue weighted by Crippen LogP contribution is -1.76. The summed E-state index contributed by atoms with van der Waals surface area (Å²) in [6, 6.07) is 14.7. The highest BCUT2D eigenvalue weighted by molar-refractivity contribution is 7.99. The molecule has 0 aliphatic rings. The van der Waals surface area contributed by atoms with E-state index in [0.29, 0.717) is 11.4 Å². The molecule has 2 rings (SSSR count). The van der Waals surface area contributed by atoms with Crippen molar-refractivity contribution >= 4 is 46.1 Å². The van der Waals surface area contributed by atoms with Crippen LogP contribution in [0.3, 0.4) is 0 Å². The summed E-state index contributed by atoms with van der Waals surface area (Å²) < 4.78 is 28.7. The maximum absolute atomic E-state index is 10.6. The van der Waals surface area contributed by atoms with Crippen molar-refractivity contribution in [1.82, 2.24) is 0 Å². The van der Waals surface area contributed by atoms with Gasteiger partial charge in [0.15, 0.2) is 0 Å². The Bertz CT molecular complexity index is 633. The quantitative estimate of drug-likeness (QED) is 0.861. The van der Waals surface area contributed by atoms with E-state index in [2.05, 4.69) is 8.73 Å². The second-order valence-corrected chi connectivity index (χ2v) is 5.12. The average molecular weight is 308 g/mol. The zero-order valence-electron chi connectivity index (χ0n) is 9.55. The smallest absolute Gasteiger partial charge is 0.191 e. The Morgan fingerprint density at radius 3 is 1.53 bits per heavy atom. The molecule has 0 N–H and O–H groups in total. The summed E-state index contributed by atoms with van der Waals surface area (Å²) in [5.41, 5.74) is 1.24. The number of nitrogens with zero attached hydrogens (tertiary/aromatic N) is 2. The fraction of sp³-hybridized carbons (Fsp3) is 0. The molecule has 0 aromatic heterocycles. The highest BCUT2D eigenvalue weighted by Gasteiger charge is 2.06. The topological polar surface area (TPSA) is 58.9 Å². The molecule has 2 aromatic rings. The van der Waals surface area contributed by atoms with Crippen LogP contribution in [0.2, 0.25) is 0 Å². The number of hydrogen-bond donors (Lipinski definition) is 0. The van der Waals surface area contributed by atoms with Gasteiger partial charge >= 0.3 is 0 Å². The van der Waals surface area contributed by atoms with Gasteiger partial charge in [0.1, 0.15) is 0 Å². The zero-order chi connectivity index (χ0) is 13.5. The first kappa shape index (κ1) is 13.9. The van der Waals surface area contributed by atoms with Crippen LogP contribution in [0.5, 0.6) is 0 Å². The van der Waals surface area contributed by atoms with Gasteiger partial charge in [-0.25, -0.2) is 0 Å². The van der Waals surface area contributed by atoms with Crippen LogP contribution in [0.15, 0.2) is 67.0 Å². The van der Waals surface area contributed by atoms with Gasteiger partial charge in [-0.3, -0.25) is 0 Å². The Morgan fingerprint density at radius 1 is 0.684 bits per heavy atom. The molecule has 4 nitrogen and oxygen atoms in total. The van der Waals surface area contributed by atoms with Crippen molar-refractivity contribution in [2.75, 3.05) is 0 Å². The minimum Gasteiger partial charge on any atom is -0.191 e. The van der Waals surface area contributed by atoms with Gasteiger partial charge in [-0.05, 0) is 24.3 Å². The van der Waals surface area contributed by atoms with Crippen LogP contribution in [0, 0.1) is 0 Å². The molecule has 0 spiro atoms. The first-order valence-electron chi connectivity index (χ1n) is 5.21. The highest BCUT2D eigenvalue weighted by Crippen LogP contribution is 2.39. The molecule has 0 unspecified atom stereocenters. The summed E-state index contributed by atoms with van der Waals surface area (Å²) in [6.07, 6.45) is 0. The van der Waals surface area contributed by atoms with Crippen LogP contribution in [-0.2, 0) is 22.9 Å². The molecule has 19 heavy (non-hydrogen) atoms. The fourth-order valence-corrected chi connectivity index (χ4v) is 3.00. The monoisotopic (exact) mass is 308 g/mol. The Kier molecular flexibility index (Phi) is 5.20.